The zero-order valence-electron chi connectivity index (χ0n) is 10.0. The molecule has 0 saturated heterocycles. The highest BCUT2D eigenvalue weighted by Crippen LogP contribution is 2.26. The number of aromatic carboxylic acids is 1. The highest BCUT2D eigenvalue weighted by Gasteiger charge is 2.18. The second kappa shape index (κ2) is 3.69. The Bertz CT molecular complexity index is 398. The maximum absolute atomic E-state index is 11.1. The van der Waals surface area contributed by atoms with E-state index in [0.29, 0.717) is 5.56 Å². The lowest BCUT2D eigenvalue weighted by atomic mass is 9.84. The lowest BCUT2D eigenvalue weighted by molar-refractivity contribution is 0.0696. The van der Waals surface area contributed by atoms with Gasteiger partial charge in [-0.3, -0.25) is 0 Å². The number of benzene rings is 1. The predicted molar refractivity (Wildman–Crippen MR) is 61.6 cm³/mol. The van der Waals surface area contributed by atoms with E-state index < -0.39 is 5.97 Å². The number of rotatable bonds is 1. The van der Waals surface area contributed by atoms with Crippen molar-refractivity contribution in [3.05, 3.63) is 34.4 Å². The first-order valence-corrected chi connectivity index (χ1v) is 5.08. The summed E-state index contributed by atoms with van der Waals surface area (Å²) >= 11 is 0. The van der Waals surface area contributed by atoms with E-state index in [9.17, 15) is 4.79 Å². The number of hydrogen-bond donors (Lipinski definition) is 1. The molecule has 0 unspecified atom stereocenters. The molecule has 0 atom stereocenters. The summed E-state index contributed by atoms with van der Waals surface area (Å²) in [5, 5.41) is 9.08. The second-order valence-electron chi connectivity index (χ2n) is 5.02. The number of hydrogen-bond acceptors (Lipinski definition) is 1. The molecule has 0 spiro atoms. The zero-order chi connectivity index (χ0) is 11.8. The Morgan fingerprint density at radius 3 is 2.13 bits per heavy atom. The SMILES string of the molecule is Cc1cc(C(C)(C)C)cc(C(=O)O)c1C. The minimum atomic E-state index is -0.846. The molecule has 0 bridgehead atoms. The molecule has 0 aliphatic carbocycles. The Kier molecular flexibility index (Phi) is 2.89. The van der Waals surface area contributed by atoms with E-state index in [1.54, 1.807) is 6.07 Å². The Morgan fingerprint density at radius 1 is 1.20 bits per heavy atom. The van der Waals surface area contributed by atoms with Gasteiger partial charge in [-0.05, 0) is 42.0 Å². The van der Waals surface area contributed by atoms with Crippen molar-refractivity contribution in [1.29, 1.82) is 0 Å². The van der Waals surface area contributed by atoms with Crippen molar-refractivity contribution in [2.45, 2.75) is 40.0 Å². The van der Waals surface area contributed by atoms with E-state index in [2.05, 4.69) is 26.8 Å². The van der Waals surface area contributed by atoms with Crippen LogP contribution in [0.2, 0.25) is 0 Å². The summed E-state index contributed by atoms with van der Waals surface area (Å²) in [7, 11) is 0. The molecule has 0 fully saturated rings. The molecule has 0 saturated carbocycles. The van der Waals surface area contributed by atoms with Crippen LogP contribution in [-0.2, 0) is 5.41 Å². The summed E-state index contributed by atoms with van der Waals surface area (Å²) in [5.74, 6) is -0.846. The van der Waals surface area contributed by atoms with Crippen LogP contribution >= 0.6 is 0 Å². The van der Waals surface area contributed by atoms with Gasteiger partial charge in [0.05, 0.1) is 5.56 Å². The standard InChI is InChI=1S/C13H18O2/c1-8-6-10(13(3,4)5)7-11(9(8)2)12(14)15/h6-7H,1-5H3,(H,14,15). The van der Waals surface area contributed by atoms with Crippen LogP contribution in [0.15, 0.2) is 12.1 Å². The Labute approximate surface area is 90.9 Å². The van der Waals surface area contributed by atoms with Crippen LogP contribution in [0.5, 0.6) is 0 Å². The minimum absolute atomic E-state index is 0.0112. The summed E-state index contributed by atoms with van der Waals surface area (Å²) < 4.78 is 0. The second-order valence-corrected chi connectivity index (χ2v) is 5.02. The molecule has 1 aromatic rings. The van der Waals surface area contributed by atoms with Gasteiger partial charge in [0.1, 0.15) is 0 Å². The lowest BCUT2D eigenvalue weighted by Gasteiger charge is -2.21. The van der Waals surface area contributed by atoms with Crippen molar-refractivity contribution in [2.75, 3.05) is 0 Å². The third kappa shape index (κ3) is 2.38. The lowest BCUT2D eigenvalue weighted by Crippen LogP contribution is -2.14. The molecule has 82 valence electrons. The Balaban J connectivity index is 3.43. The van der Waals surface area contributed by atoms with Crippen LogP contribution in [0.3, 0.4) is 0 Å². The fourth-order valence-electron chi connectivity index (χ4n) is 1.51. The van der Waals surface area contributed by atoms with Gasteiger partial charge in [-0.25, -0.2) is 4.79 Å². The summed E-state index contributed by atoms with van der Waals surface area (Å²) in [5.41, 5.74) is 3.38. The van der Waals surface area contributed by atoms with E-state index >= 15 is 0 Å². The monoisotopic (exact) mass is 206 g/mol. The maximum Gasteiger partial charge on any atom is 0.335 e. The highest BCUT2D eigenvalue weighted by atomic mass is 16.4. The van der Waals surface area contributed by atoms with Gasteiger partial charge in [0.2, 0.25) is 0 Å². The van der Waals surface area contributed by atoms with E-state index in [0.717, 1.165) is 16.7 Å². The summed E-state index contributed by atoms with van der Waals surface area (Å²) in [6.07, 6.45) is 0. The van der Waals surface area contributed by atoms with Crippen LogP contribution < -0.4 is 0 Å². The quantitative estimate of drug-likeness (QED) is 0.765. The number of carboxylic acid groups (broad SMARTS) is 1. The molecule has 15 heavy (non-hydrogen) atoms. The molecule has 1 N–H and O–H groups in total. The molecule has 0 aromatic heterocycles. The maximum atomic E-state index is 11.1. The van der Waals surface area contributed by atoms with Crippen LogP contribution in [0.4, 0.5) is 0 Å². The van der Waals surface area contributed by atoms with E-state index in [1.807, 2.05) is 13.8 Å². The smallest absolute Gasteiger partial charge is 0.335 e. The molecular weight excluding hydrogens is 188 g/mol. The number of carbonyl (C=O) groups is 1. The molecule has 1 rings (SSSR count). The van der Waals surface area contributed by atoms with E-state index in [4.69, 9.17) is 5.11 Å². The number of carboxylic acids is 1. The average molecular weight is 206 g/mol. The molecule has 1 aromatic carbocycles. The number of aryl methyl sites for hydroxylation is 1. The van der Waals surface area contributed by atoms with Crippen molar-refractivity contribution in [3.63, 3.8) is 0 Å². The van der Waals surface area contributed by atoms with E-state index in [-0.39, 0.29) is 5.41 Å². The Hall–Kier alpha value is -1.31. The van der Waals surface area contributed by atoms with Crippen molar-refractivity contribution in [1.82, 2.24) is 0 Å². The highest BCUT2D eigenvalue weighted by molar-refractivity contribution is 5.90. The molecule has 0 heterocycles. The summed E-state index contributed by atoms with van der Waals surface area (Å²) in [6, 6.07) is 3.85. The van der Waals surface area contributed by atoms with E-state index in [1.165, 1.54) is 0 Å². The van der Waals surface area contributed by atoms with Crippen LogP contribution in [-0.4, -0.2) is 11.1 Å². The fourth-order valence-corrected chi connectivity index (χ4v) is 1.51. The summed E-state index contributed by atoms with van der Waals surface area (Å²) in [6.45, 7) is 10.1. The van der Waals surface area contributed by atoms with Gasteiger partial charge < -0.3 is 5.11 Å². The van der Waals surface area contributed by atoms with Gasteiger partial charge in [-0.1, -0.05) is 26.8 Å². The molecule has 2 nitrogen and oxygen atoms in total. The molecule has 0 radical (unpaired) electrons. The van der Waals surface area contributed by atoms with Crippen molar-refractivity contribution in [3.8, 4) is 0 Å². The van der Waals surface area contributed by atoms with Crippen LogP contribution in [0.25, 0.3) is 0 Å². The first-order valence-electron chi connectivity index (χ1n) is 5.08. The Morgan fingerprint density at radius 2 is 1.73 bits per heavy atom. The minimum Gasteiger partial charge on any atom is -0.478 e. The van der Waals surface area contributed by atoms with Gasteiger partial charge >= 0.3 is 5.97 Å². The first kappa shape index (κ1) is 11.8. The normalized spacial score (nSPS) is 11.5. The van der Waals surface area contributed by atoms with Crippen LogP contribution in [0.1, 0.15) is 47.8 Å². The van der Waals surface area contributed by atoms with Gasteiger partial charge in [0, 0.05) is 0 Å². The topological polar surface area (TPSA) is 37.3 Å². The van der Waals surface area contributed by atoms with Gasteiger partial charge in [-0.2, -0.15) is 0 Å². The molecule has 2 heteroatoms. The molecular formula is C13H18O2. The molecule has 0 aliphatic heterocycles. The van der Waals surface area contributed by atoms with Crippen LogP contribution in [0, 0.1) is 13.8 Å². The van der Waals surface area contributed by atoms with Gasteiger partial charge in [0.15, 0.2) is 0 Å². The zero-order valence-corrected chi connectivity index (χ0v) is 10.0. The van der Waals surface area contributed by atoms with Gasteiger partial charge in [0.25, 0.3) is 0 Å². The fraction of sp³-hybridized carbons (Fsp3) is 0.462. The first-order chi connectivity index (χ1) is 6.73. The predicted octanol–water partition coefficient (Wildman–Crippen LogP) is 3.30. The van der Waals surface area contributed by atoms with Crippen molar-refractivity contribution >= 4 is 5.97 Å². The largest absolute Gasteiger partial charge is 0.478 e. The third-order valence-electron chi connectivity index (χ3n) is 2.76. The average Bonchev–Trinajstić information content (AvgIpc) is 2.06. The van der Waals surface area contributed by atoms with Gasteiger partial charge in [-0.15, -0.1) is 0 Å². The molecule has 0 aliphatic rings. The molecule has 0 amide bonds. The summed E-state index contributed by atoms with van der Waals surface area (Å²) in [4.78, 5) is 11.1. The van der Waals surface area contributed by atoms with Crippen molar-refractivity contribution < 1.29 is 9.90 Å². The van der Waals surface area contributed by atoms with Crippen molar-refractivity contribution in [2.24, 2.45) is 0 Å². The third-order valence-corrected chi connectivity index (χ3v) is 2.76.